The normalized spacial score (nSPS) is 25.8. The number of piperidine rings is 2. The molecule has 1 N–H and O–H groups in total. The molecule has 2 saturated heterocycles. The summed E-state index contributed by atoms with van der Waals surface area (Å²) in [5.74, 6) is 1.51. The van der Waals surface area contributed by atoms with Crippen LogP contribution in [0.25, 0.3) is 0 Å². The quantitative estimate of drug-likeness (QED) is 0.902. The van der Waals surface area contributed by atoms with Gasteiger partial charge in [0, 0.05) is 44.1 Å². The standard InChI is InChI=1S/C19H29N5O/c1-14-18(21-9-8-20-14)23-11-6-17(7-12-23)24-10-2-3-15(13-24)19(25)22-16-4-5-16/h8-9,15-17H,2-7,10-13H2,1H3,(H,22,25)/t15-/m1/s1. The zero-order valence-electron chi connectivity index (χ0n) is 15.2. The summed E-state index contributed by atoms with van der Waals surface area (Å²) < 4.78 is 0. The molecule has 1 saturated carbocycles. The first kappa shape index (κ1) is 16.8. The van der Waals surface area contributed by atoms with Crippen molar-refractivity contribution < 1.29 is 4.79 Å². The van der Waals surface area contributed by atoms with Crippen LogP contribution in [0.2, 0.25) is 0 Å². The maximum Gasteiger partial charge on any atom is 0.224 e. The number of aromatic nitrogens is 2. The van der Waals surface area contributed by atoms with Crippen LogP contribution in [0.3, 0.4) is 0 Å². The molecule has 1 aromatic rings. The Bertz CT molecular complexity index is 610. The summed E-state index contributed by atoms with van der Waals surface area (Å²) in [5, 5.41) is 3.19. The van der Waals surface area contributed by atoms with Crippen molar-refractivity contribution in [2.75, 3.05) is 31.1 Å². The Morgan fingerprint density at radius 1 is 1.08 bits per heavy atom. The Kier molecular flexibility index (Phi) is 4.88. The summed E-state index contributed by atoms with van der Waals surface area (Å²) >= 11 is 0. The van der Waals surface area contributed by atoms with Gasteiger partial charge >= 0.3 is 0 Å². The van der Waals surface area contributed by atoms with Gasteiger partial charge in [-0.3, -0.25) is 14.7 Å². The van der Waals surface area contributed by atoms with Gasteiger partial charge in [0.25, 0.3) is 0 Å². The molecule has 1 atom stereocenters. The van der Waals surface area contributed by atoms with Gasteiger partial charge in [0.1, 0.15) is 5.82 Å². The first-order valence-electron chi connectivity index (χ1n) is 9.77. The Labute approximate surface area is 150 Å². The summed E-state index contributed by atoms with van der Waals surface area (Å²) in [5.41, 5.74) is 1.01. The van der Waals surface area contributed by atoms with Gasteiger partial charge in [-0.05, 0) is 52.0 Å². The number of carbonyl (C=O) groups is 1. The highest BCUT2D eigenvalue weighted by Gasteiger charge is 2.34. The molecule has 6 nitrogen and oxygen atoms in total. The van der Waals surface area contributed by atoms with Crippen molar-refractivity contribution in [1.82, 2.24) is 20.2 Å². The Morgan fingerprint density at radius 2 is 1.84 bits per heavy atom. The van der Waals surface area contributed by atoms with Gasteiger partial charge in [-0.1, -0.05) is 0 Å². The molecule has 3 heterocycles. The van der Waals surface area contributed by atoms with Crippen molar-refractivity contribution in [3.63, 3.8) is 0 Å². The molecule has 1 aromatic heterocycles. The Morgan fingerprint density at radius 3 is 2.56 bits per heavy atom. The van der Waals surface area contributed by atoms with E-state index in [1.807, 2.05) is 6.92 Å². The lowest BCUT2D eigenvalue weighted by Crippen LogP contribution is -2.51. The SMILES string of the molecule is Cc1nccnc1N1CCC(N2CCC[C@@H](C(=O)NC3CC3)C2)CC1. The highest BCUT2D eigenvalue weighted by molar-refractivity contribution is 5.79. The molecule has 0 radical (unpaired) electrons. The van der Waals surface area contributed by atoms with E-state index < -0.39 is 0 Å². The van der Waals surface area contributed by atoms with Gasteiger partial charge in [-0.25, -0.2) is 4.98 Å². The molecular formula is C19H29N5O. The summed E-state index contributed by atoms with van der Waals surface area (Å²) in [6.07, 6.45) is 10.4. The van der Waals surface area contributed by atoms with Crippen molar-refractivity contribution in [3.8, 4) is 0 Å². The van der Waals surface area contributed by atoms with Crippen LogP contribution in [-0.2, 0) is 4.79 Å². The lowest BCUT2D eigenvalue weighted by Gasteiger charge is -2.42. The van der Waals surface area contributed by atoms with Gasteiger partial charge in [-0.2, -0.15) is 0 Å². The lowest BCUT2D eigenvalue weighted by molar-refractivity contribution is -0.127. The molecule has 3 aliphatic rings. The second kappa shape index (κ2) is 7.28. The average molecular weight is 343 g/mol. The smallest absolute Gasteiger partial charge is 0.224 e. The first-order valence-corrected chi connectivity index (χ1v) is 9.77. The molecule has 1 aliphatic carbocycles. The van der Waals surface area contributed by atoms with Crippen molar-refractivity contribution in [1.29, 1.82) is 0 Å². The largest absolute Gasteiger partial charge is 0.355 e. The van der Waals surface area contributed by atoms with Crippen LogP contribution >= 0.6 is 0 Å². The van der Waals surface area contributed by atoms with Crippen LogP contribution in [0.1, 0.15) is 44.2 Å². The number of anilines is 1. The van der Waals surface area contributed by atoms with Gasteiger partial charge in [-0.15, -0.1) is 0 Å². The predicted molar refractivity (Wildman–Crippen MR) is 97.5 cm³/mol. The van der Waals surface area contributed by atoms with E-state index >= 15 is 0 Å². The number of nitrogens with zero attached hydrogens (tertiary/aromatic N) is 4. The molecular weight excluding hydrogens is 314 g/mol. The zero-order valence-corrected chi connectivity index (χ0v) is 15.2. The summed E-state index contributed by atoms with van der Waals surface area (Å²) in [6.45, 7) is 6.16. The minimum absolute atomic E-state index is 0.189. The molecule has 2 aliphatic heterocycles. The van der Waals surface area contributed by atoms with E-state index in [-0.39, 0.29) is 5.92 Å². The second-order valence-electron chi connectivity index (χ2n) is 7.80. The highest BCUT2D eigenvalue weighted by atomic mass is 16.2. The fourth-order valence-corrected chi connectivity index (χ4v) is 4.25. The van der Waals surface area contributed by atoms with Crippen molar-refractivity contribution >= 4 is 11.7 Å². The Balaban J connectivity index is 1.31. The number of hydrogen-bond acceptors (Lipinski definition) is 5. The summed E-state index contributed by atoms with van der Waals surface area (Å²) in [7, 11) is 0. The number of amides is 1. The summed E-state index contributed by atoms with van der Waals surface area (Å²) in [4.78, 5) is 26.2. The van der Waals surface area contributed by atoms with Crippen molar-refractivity contribution in [3.05, 3.63) is 18.1 Å². The fraction of sp³-hybridized carbons (Fsp3) is 0.737. The number of carbonyl (C=O) groups excluding carboxylic acids is 1. The number of hydrogen-bond donors (Lipinski definition) is 1. The number of aryl methyl sites for hydroxylation is 1. The lowest BCUT2D eigenvalue weighted by atomic mass is 9.93. The van der Waals surface area contributed by atoms with Crippen LogP contribution in [0.5, 0.6) is 0 Å². The molecule has 1 amide bonds. The van der Waals surface area contributed by atoms with Crippen molar-refractivity contribution in [2.45, 2.75) is 57.5 Å². The molecule has 3 fully saturated rings. The van der Waals surface area contributed by atoms with Crippen LogP contribution in [-0.4, -0.2) is 59.0 Å². The van der Waals surface area contributed by atoms with Gasteiger partial charge in [0.05, 0.1) is 11.6 Å². The molecule has 0 bridgehead atoms. The molecule has 136 valence electrons. The molecule has 4 rings (SSSR count). The van der Waals surface area contributed by atoms with Gasteiger partial charge in [0.2, 0.25) is 5.91 Å². The summed E-state index contributed by atoms with van der Waals surface area (Å²) in [6, 6.07) is 1.08. The molecule has 6 heteroatoms. The molecule has 0 unspecified atom stereocenters. The van der Waals surface area contributed by atoms with E-state index in [2.05, 4.69) is 25.1 Å². The van der Waals surface area contributed by atoms with E-state index in [4.69, 9.17) is 0 Å². The maximum absolute atomic E-state index is 12.4. The first-order chi connectivity index (χ1) is 12.2. The fourth-order valence-electron chi connectivity index (χ4n) is 4.25. The molecule has 0 spiro atoms. The molecule has 0 aromatic carbocycles. The van der Waals surface area contributed by atoms with Crippen molar-refractivity contribution in [2.24, 2.45) is 5.92 Å². The average Bonchev–Trinajstić information content (AvgIpc) is 3.46. The van der Waals surface area contributed by atoms with E-state index in [0.29, 0.717) is 18.0 Å². The predicted octanol–water partition coefficient (Wildman–Crippen LogP) is 1.74. The van der Waals surface area contributed by atoms with E-state index in [1.165, 1.54) is 12.8 Å². The monoisotopic (exact) mass is 343 g/mol. The number of nitrogens with one attached hydrogen (secondary N) is 1. The maximum atomic E-state index is 12.4. The highest BCUT2D eigenvalue weighted by Crippen LogP contribution is 2.27. The van der Waals surface area contributed by atoms with Gasteiger partial charge in [0.15, 0.2) is 0 Å². The third kappa shape index (κ3) is 3.94. The van der Waals surface area contributed by atoms with Crippen LogP contribution in [0.4, 0.5) is 5.82 Å². The Hall–Kier alpha value is -1.69. The molecule has 25 heavy (non-hydrogen) atoms. The third-order valence-corrected chi connectivity index (χ3v) is 5.88. The van der Waals surface area contributed by atoms with Crippen LogP contribution < -0.4 is 10.2 Å². The van der Waals surface area contributed by atoms with E-state index in [0.717, 1.165) is 63.4 Å². The van der Waals surface area contributed by atoms with E-state index in [9.17, 15) is 4.79 Å². The minimum Gasteiger partial charge on any atom is -0.355 e. The minimum atomic E-state index is 0.189. The second-order valence-corrected chi connectivity index (χ2v) is 7.80. The number of rotatable bonds is 4. The van der Waals surface area contributed by atoms with Crippen LogP contribution in [0.15, 0.2) is 12.4 Å². The van der Waals surface area contributed by atoms with E-state index in [1.54, 1.807) is 12.4 Å². The van der Waals surface area contributed by atoms with Crippen LogP contribution in [0, 0.1) is 12.8 Å². The topological polar surface area (TPSA) is 61.4 Å². The van der Waals surface area contributed by atoms with Gasteiger partial charge < -0.3 is 10.2 Å². The zero-order chi connectivity index (χ0) is 17.2. The number of likely N-dealkylation sites (tertiary alicyclic amines) is 1. The third-order valence-electron chi connectivity index (χ3n) is 5.88.